The van der Waals surface area contributed by atoms with Crippen LogP contribution in [0.15, 0.2) is 18.2 Å². The largest absolute Gasteiger partial charge is 0.496 e. The van der Waals surface area contributed by atoms with Crippen LogP contribution in [0.1, 0.15) is 24.1 Å². The monoisotopic (exact) mass is 252 g/mol. The van der Waals surface area contributed by atoms with E-state index in [1.807, 2.05) is 31.1 Å². The summed E-state index contributed by atoms with van der Waals surface area (Å²) >= 11 is 0. The highest BCUT2D eigenvalue weighted by Crippen LogP contribution is 2.31. The molecule has 0 heterocycles. The van der Waals surface area contributed by atoms with Gasteiger partial charge in [0.1, 0.15) is 5.75 Å². The summed E-state index contributed by atoms with van der Waals surface area (Å²) in [5.41, 5.74) is 7.80. The molecule has 0 aromatic heterocycles. The van der Waals surface area contributed by atoms with E-state index in [2.05, 4.69) is 13.0 Å². The minimum atomic E-state index is -0.610. The first-order valence-corrected chi connectivity index (χ1v) is 6.26. The van der Waals surface area contributed by atoms with E-state index in [-0.39, 0.29) is 12.6 Å². The van der Waals surface area contributed by atoms with Crippen LogP contribution >= 0.6 is 0 Å². The Morgan fingerprint density at radius 2 is 2.06 bits per heavy atom. The van der Waals surface area contributed by atoms with Gasteiger partial charge in [0, 0.05) is 12.1 Å². The van der Waals surface area contributed by atoms with Gasteiger partial charge in [0.05, 0.1) is 19.3 Å². The van der Waals surface area contributed by atoms with E-state index in [4.69, 9.17) is 10.5 Å². The van der Waals surface area contributed by atoms with Crippen molar-refractivity contribution in [1.29, 1.82) is 0 Å². The van der Waals surface area contributed by atoms with Crippen LogP contribution in [0.5, 0.6) is 5.75 Å². The van der Waals surface area contributed by atoms with Crippen molar-refractivity contribution in [3.05, 3.63) is 29.3 Å². The summed E-state index contributed by atoms with van der Waals surface area (Å²) in [4.78, 5) is 1.97. The summed E-state index contributed by atoms with van der Waals surface area (Å²) in [5, 5.41) is 10.1. The normalized spacial score (nSPS) is 14.6. The van der Waals surface area contributed by atoms with Crippen molar-refractivity contribution in [3.8, 4) is 5.75 Å². The molecule has 0 aliphatic carbocycles. The number of likely N-dealkylation sites (N-methyl/N-ethyl adjacent to an activating group) is 1. The maximum Gasteiger partial charge on any atom is 0.123 e. The molecule has 102 valence electrons. The SMILES string of the molecule is CCc1ccc(OC)c(C(C(O)CN)N(C)C)c1. The fourth-order valence-corrected chi connectivity index (χ4v) is 2.19. The molecule has 0 saturated carbocycles. The molecule has 0 bridgehead atoms. The molecule has 2 atom stereocenters. The van der Waals surface area contributed by atoms with Crippen LogP contribution in [-0.4, -0.2) is 43.9 Å². The molecule has 2 unspecified atom stereocenters. The van der Waals surface area contributed by atoms with Crippen LogP contribution in [0.3, 0.4) is 0 Å². The van der Waals surface area contributed by atoms with Gasteiger partial charge in [0.25, 0.3) is 0 Å². The summed E-state index contributed by atoms with van der Waals surface area (Å²) in [6.07, 6.45) is 0.344. The second-order valence-electron chi connectivity index (χ2n) is 4.64. The lowest BCUT2D eigenvalue weighted by Gasteiger charge is -2.30. The predicted molar refractivity (Wildman–Crippen MR) is 73.9 cm³/mol. The third-order valence-corrected chi connectivity index (χ3v) is 3.18. The van der Waals surface area contributed by atoms with Crippen molar-refractivity contribution in [1.82, 2.24) is 4.90 Å². The number of hydrogen-bond donors (Lipinski definition) is 2. The fraction of sp³-hybridized carbons (Fsp3) is 0.571. The highest BCUT2D eigenvalue weighted by Gasteiger charge is 2.25. The van der Waals surface area contributed by atoms with E-state index >= 15 is 0 Å². The van der Waals surface area contributed by atoms with E-state index in [1.165, 1.54) is 5.56 Å². The van der Waals surface area contributed by atoms with Gasteiger partial charge in [-0.25, -0.2) is 0 Å². The first-order chi connectivity index (χ1) is 8.54. The molecule has 0 fully saturated rings. The Morgan fingerprint density at radius 3 is 2.50 bits per heavy atom. The van der Waals surface area contributed by atoms with Gasteiger partial charge in [-0.05, 0) is 32.1 Å². The summed E-state index contributed by atoms with van der Waals surface area (Å²) < 4.78 is 5.39. The molecule has 4 nitrogen and oxygen atoms in total. The highest BCUT2D eigenvalue weighted by atomic mass is 16.5. The van der Waals surface area contributed by atoms with Crippen molar-refractivity contribution < 1.29 is 9.84 Å². The zero-order chi connectivity index (χ0) is 13.7. The Kier molecular flexibility index (Phi) is 5.59. The summed E-state index contributed by atoms with van der Waals surface area (Å²) in [5.74, 6) is 0.790. The van der Waals surface area contributed by atoms with Gasteiger partial charge >= 0.3 is 0 Å². The molecule has 1 aromatic carbocycles. The van der Waals surface area contributed by atoms with E-state index in [0.717, 1.165) is 17.7 Å². The average molecular weight is 252 g/mol. The van der Waals surface area contributed by atoms with Crippen LogP contribution in [0.25, 0.3) is 0 Å². The number of aliphatic hydroxyl groups excluding tert-OH is 1. The van der Waals surface area contributed by atoms with Crippen LogP contribution in [-0.2, 0) is 6.42 Å². The first-order valence-electron chi connectivity index (χ1n) is 6.26. The summed E-state index contributed by atoms with van der Waals surface area (Å²) in [7, 11) is 5.51. The molecule has 0 radical (unpaired) electrons. The zero-order valence-corrected chi connectivity index (χ0v) is 11.7. The van der Waals surface area contributed by atoms with Crippen molar-refractivity contribution in [2.75, 3.05) is 27.7 Å². The third-order valence-electron chi connectivity index (χ3n) is 3.18. The quantitative estimate of drug-likeness (QED) is 0.798. The van der Waals surface area contributed by atoms with Crippen LogP contribution in [0, 0.1) is 0 Å². The predicted octanol–water partition coefficient (Wildman–Crippen LogP) is 1.18. The molecular weight excluding hydrogens is 228 g/mol. The molecule has 0 aliphatic rings. The van der Waals surface area contributed by atoms with E-state index < -0.39 is 6.10 Å². The number of nitrogens with zero attached hydrogens (tertiary/aromatic N) is 1. The minimum Gasteiger partial charge on any atom is -0.496 e. The number of nitrogens with two attached hydrogens (primary N) is 1. The Labute approximate surface area is 109 Å². The lowest BCUT2D eigenvalue weighted by molar-refractivity contribution is 0.0807. The Bertz CT molecular complexity index is 380. The lowest BCUT2D eigenvalue weighted by Crippen LogP contribution is -2.36. The van der Waals surface area contributed by atoms with E-state index in [9.17, 15) is 5.11 Å². The second kappa shape index (κ2) is 6.73. The lowest BCUT2D eigenvalue weighted by atomic mass is 9.96. The third kappa shape index (κ3) is 3.22. The van der Waals surface area contributed by atoms with Gasteiger partial charge in [-0.3, -0.25) is 4.90 Å². The summed E-state index contributed by atoms with van der Waals surface area (Å²) in [6, 6.07) is 5.93. The second-order valence-corrected chi connectivity index (χ2v) is 4.64. The minimum absolute atomic E-state index is 0.156. The molecule has 0 amide bonds. The molecule has 18 heavy (non-hydrogen) atoms. The van der Waals surface area contributed by atoms with Gasteiger partial charge in [-0.2, -0.15) is 0 Å². The topological polar surface area (TPSA) is 58.7 Å². The van der Waals surface area contributed by atoms with Gasteiger partial charge < -0.3 is 15.6 Å². The Hall–Kier alpha value is -1.10. The maximum absolute atomic E-state index is 10.1. The molecule has 0 spiro atoms. The summed E-state index contributed by atoms with van der Waals surface area (Å²) in [6.45, 7) is 2.33. The van der Waals surface area contributed by atoms with Crippen LogP contribution < -0.4 is 10.5 Å². The van der Waals surface area contributed by atoms with Crippen molar-refractivity contribution >= 4 is 0 Å². The Morgan fingerprint density at radius 1 is 1.39 bits per heavy atom. The fourth-order valence-electron chi connectivity index (χ4n) is 2.19. The van der Waals surface area contributed by atoms with Crippen molar-refractivity contribution in [2.45, 2.75) is 25.5 Å². The van der Waals surface area contributed by atoms with Gasteiger partial charge in [-0.1, -0.05) is 19.1 Å². The molecule has 0 aliphatic heterocycles. The number of rotatable bonds is 6. The molecule has 1 rings (SSSR count). The Balaban J connectivity index is 3.24. The number of aryl methyl sites for hydroxylation is 1. The van der Waals surface area contributed by atoms with Crippen LogP contribution in [0.4, 0.5) is 0 Å². The zero-order valence-electron chi connectivity index (χ0n) is 11.7. The number of aliphatic hydroxyl groups is 1. The molecule has 3 N–H and O–H groups in total. The van der Waals surface area contributed by atoms with E-state index in [1.54, 1.807) is 7.11 Å². The first kappa shape index (κ1) is 15.0. The molecular formula is C14H24N2O2. The van der Waals surface area contributed by atoms with Gasteiger partial charge in [0.15, 0.2) is 0 Å². The molecule has 4 heteroatoms. The van der Waals surface area contributed by atoms with Gasteiger partial charge in [0.2, 0.25) is 0 Å². The van der Waals surface area contributed by atoms with E-state index in [0.29, 0.717) is 0 Å². The smallest absolute Gasteiger partial charge is 0.123 e. The number of hydrogen-bond acceptors (Lipinski definition) is 4. The highest BCUT2D eigenvalue weighted by molar-refractivity contribution is 5.40. The number of benzene rings is 1. The van der Waals surface area contributed by atoms with Crippen molar-refractivity contribution in [3.63, 3.8) is 0 Å². The number of ether oxygens (including phenoxy) is 1. The average Bonchev–Trinajstić information content (AvgIpc) is 2.38. The van der Waals surface area contributed by atoms with Gasteiger partial charge in [-0.15, -0.1) is 0 Å². The standard InChI is InChI=1S/C14H24N2O2/c1-5-10-6-7-13(18-4)11(8-10)14(16(2)3)12(17)9-15/h6-8,12,14,17H,5,9,15H2,1-4H3. The maximum atomic E-state index is 10.1. The number of methoxy groups -OCH3 is 1. The van der Waals surface area contributed by atoms with Crippen molar-refractivity contribution in [2.24, 2.45) is 5.73 Å². The molecule has 1 aromatic rings. The molecule has 0 saturated heterocycles. The van der Waals surface area contributed by atoms with Crippen LogP contribution in [0.2, 0.25) is 0 Å².